The predicted octanol–water partition coefficient (Wildman–Crippen LogP) is 2.21. The quantitative estimate of drug-likeness (QED) is 0.740. The zero-order valence-electron chi connectivity index (χ0n) is 15.1. The fourth-order valence-corrected chi connectivity index (χ4v) is 4.89. The Bertz CT molecular complexity index is 923. The van der Waals surface area contributed by atoms with Crippen LogP contribution in [0.3, 0.4) is 0 Å². The van der Waals surface area contributed by atoms with Gasteiger partial charge in [0.1, 0.15) is 5.25 Å². The molecule has 0 radical (unpaired) electrons. The van der Waals surface area contributed by atoms with Crippen LogP contribution in [0, 0.1) is 0 Å². The van der Waals surface area contributed by atoms with Crippen LogP contribution in [-0.4, -0.2) is 43.2 Å². The van der Waals surface area contributed by atoms with E-state index in [-0.39, 0.29) is 17.2 Å². The van der Waals surface area contributed by atoms with Gasteiger partial charge in [0.2, 0.25) is 10.0 Å². The molecule has 0 amide bonds. The zero-order valence-corrected chi connectivity index (χ0v) is 16.7. The van der Waals surface area contributed by atoms with Crippen LogP contribution in [0.5, 0.6) is 0 Å². The largest absolute Gasteiger partial charge is 0.378 e. The van der Waals surface area contributed by atoms with E-state index >= 15 is 0 Å². The second-order valence-corrected chi connectivity index (χ2v) is 10.3. The van der Waals surface area contributed by atoms with Gasteiger partial charge in [0.25, 0.3) is 0 Å². The lowest BCUT2D eigenvalue weighted by atomic mass is 10.1. The van der Waals surface area contributed by atoms with Crippen LogP contribution in [0.4, 0.5) is 5.69 Å². The molecule has 6 nitrogen and oxygen atoms in total. The van der Waals surface area contributed by atoms with E-state index in [0.29, 0.717) is 5.56 Å². The monoisotopic (exact) mass is 396 g/mol. The van der Waals surface area contributed by atoms with Crippen LogP contribution in [-0.2, 0) is 19.9 Å². The van der Waals surface area contributed by atoms with Crippen LogP contribution < -0.4 is 9.62 Å². The van der Waals surface area contributed by atoms with E-state index in [4.69, 9.17) is 0 Å². The summed E-state index contributed by atoms with van der Waals surface area (Å²) in [6, 6.07) is 15.1. The van der Waals surface area contributed by atoms with Gasteiger partial charge in [0, 0.05) is 26.3 Å². The molecule has 2 aromatic carbocycles. The van der Waals surface area contributed by atoms with Crippen molar-refractivity contribution in [2.75, 3.05) is 31.3 Å². The maximum absolute atomic E-state index is 13.1. The molecule has 2 rings (SSSR count). The molecular weight excluding hydrogens is 372 g/mol. The summed E-state index contributed by atoms with van der Waals surface area (Å²) in [5, 5.41) is -1.01. The lowest BCUT2D eigenvalue weighted by molar-refractivity contribution is 0.569. The van der Waals surface area contributed by atoms with Crippen molar-refractivity contribution in [3.63, 3.8) is 0 Å². The standard InChI is InChI=1S/C18H24N2O4S2/c1-4-25(21,22)19-14-18(15-10-12-16(13-11-15)20(2)3)26(23,24)17-8-6-5-7-9-17/h5-13,18-19H,4,14H2,1-3H3/t18-/m1/s1. The summed E-state index contributed by atoms with van der Waals surface area (Å²) in [5.41, 5.74) is 1.47. The lowest BCUT2D eigenvalue weighted by Crippen LogP contribution is -2.32. The van der Waals surface area contributed by atoms with Gasteiger partial charge >= 0.3 is 0 Å². The third kappa shape index (κ3) is 4.84. The van der Waals surface area contributed by atoms with Crippen molar-refractivity contribution in [1.82, 2.24) is 4.72 Å². The molecule has 0 bridgehead atoms. The molecule has 0 saturated carbocycles. The molecule has 8 heteroatoms. The molecule has 1 atom stereocenters. The molecule has 0 saturated heterocycles. The molecule has 0 fully saturated rings. The molecule has 26 heavy (non-hydrogen) atoms. The Morgan fingerprint density at radius 1 is 0.923 bits per heavy atom. The normalized spacial score (nSPS) is 13.3. The summed E-state index contributed by atoms with van der Waals surface area (Å²) < 4.78 is 52.3. The van der Waals surface area contributed by atoms with Crippen molar-refractivity contribution in [2.24, 2.45) is 0 Å². The molecule has 0 aromatic heterocycles. The van der Waals surface area contributed by atoms with E-state index < -0.39 is 25.1 Å². The van der Waals surface area contributed by atoms with Gasteiger partial charge in [-0.1, -0.05) is 30.3 Å². The van der Waals surface area contributed by atoms with E-state index in [1.165, 1.54) is 19.1 Å². The van der Waals surface area contributed by atoms with Gasteiger partial charge in [-0.15, -0.1) is 0 Å². The first-order valence-corrected chi connectivity index (χ1v) is 11.4. The molecule has 142 valence electrons. The van der Waals surface area contributed by atoms with Crippen molar-refractivity contribution in [1.29, 1.82) is 0 Å². The third-order valence-electron chi connectivity index (χ3n) is 4.10. The highest BCUT2D eigenvalue weighted by Crippen LogP contribution is 2.29. The second kappa shape index (κ2) is 8.20. The molecule has 0 heterocycles. The summed E-state index contributed by atoms with van der Waals surface area (Å²) in [6.45, 7) is 1.30. The SMILES string of the molecule is CCS(=O)(=O)NC[C@H](c1ccc(N(C)C)cc1)S(=O)(=O)c1ccccc1. The Morgan fingerprint density at radius 3 is 2.00 bits per heavy atom. The van der Waals surface area contributed by atoms with Crippen LogP contribution in [0.2, 0.25) is 0 Å². The first kappa shape index (κ1) is 20.4. The maximum atomic E-state index is 13.1. The molecule has 0 unspecified atom stereocenters. The smallest absolute Gasteiger partial charge is 0.211 e. The van der Waals surface area contributed by atoms with Crippen LogP contribution in [0.25, 0.3) is 0 Å². The molecule has 0 aliphatic carbocycles. The Labute approximate surface area is 155 Å². The van der Waals surface area contributed by atoms with Gasteiger partial charge < -0.3 is 4.90 Å². The summed E-state index contributed by atoms with van der Waals surface area (Å²) in [6.07, 6.45) is 0. The predicted molar refractivity (Wildman–Crippen MR) is 105 cm³/mol. The summed E-state index contributed by atoms with van der Waals surface area (Å²) in [4.78, 5) is 2.07. The van der Waals surface area contributed by atoms with Gasteiger partial charge in [0.15, 0.2) is 9.84 Å². The number of hydrogen-bond donors (Lipinski definition) is 1. The van der Waals surface area contributed by atoms with Crippen LogP contribution in [0.1, 0.15) is 17.7 Å². The molecule has 0 aliphatic rings. The Morgan fingerprint density at radius 2 is 1.50 bits per heavy atom. The van der Waals surface area contributed by atoms with Gasteiger partial charge in [-0.3, -0.25) is 0 Å². The average Bonchev–Trinajstić information content (AvgIpc) is 2.62. The summed E-state index contributed by atoms with van der Waals surface area (Å²) in [7, 11) is -3.48. The van der Waals surface area contributed by atoms with E-state index in [2.05, 4.69) is 4.72 Å². The molecular formula is C18H24N2O4S2. The van der Waals surface area contributed by atoms with Gasteiger partial charge in [0.05, 0.1) is 10.6 Å². The van der Waals surface area contributed by atoms with Gasteiger partial charge in [-0.05, 0) is 36.8 Å². The second-order valence-electron chi connectivity index (χ2n) is 6.08. The maximum Gasteiger partial charge on any atom is 0.211 e. The Hall–Kier alpha value is -1.90. The number of hydrogen-bond acceptors (Lipinski definition) is 5. The van der Waals surface area contributed by atoms with Gasteiger partial charge in [-0.2, -0.15) is 0 Å². The van der Waals surface area contributed by atoms with Crippen molar-refractivity contribution in [3.05, 3.63) is 60.2 Å². The lowest BCUT2D eigenvalue weighted by Gasteiger charge is -2.20. The van der Waals surface area contributed by atoms with Crippen LogP contribution >= 0.6 is 0 Å². The Balaban J connectivity index is 2.45. The summed E-state index contributed by atoms with van der Waals surface area (Å²) in [5.74, 6) is -0.106. The zero-order chi connectivity index (χ0) is 19.4. The fourth-order valence-electron chi connectivity index (χ4n) is 2.47. The topological polar surface area (TPSA) is 83.6 Å². The van der Waals surface area contributed by atoms with Crippen LogP contribution in [0.15, 0.2) is 59.5 Å². The highest BCUT2D eigenvalue weighted by Gasteiger charge is 2.30. The van der Waals surface area contributed by atoms with Gasteiger partial charge in [-0.25, -0.2) is 21.6 Å². The van der Waals surface area contributed by atoms with Crippen molar-refractivity contribution < 1.29 is 16.8 Å². The minimum atomic E-state index is -3.76. The number of rotatable bonds is 8. The minimum Gasteiger partial charge on any atom is -0.378 e. The van der Waals surface area contributed by atoms with E-state index in [1.54, 1.807) is 30.3 Å². The third-order valence-corrected chi connectivity index (χ3v) is 7.58. The average molecular weight is 397 g/mol. The van der Waals surface area contributed by atoms with Crippen molar-refractivity contribution in [3.8, 4) is 0 Å². The molecule has 0 spiro atoms. The van der Waals surface area contributed by atoms with E-state index in [0.717, 1.165) is 5.69 Å². The number of sulfonamides is 1. The fraction of sp³-hybridized carbons (Fsp3) is 0.333. The summed E-state index contributed by atoms with van der Waals surface area (Å²) >= 11 is 0. The molecule has 1 N–H and O–H groups in total. The number of nitrogens with one attached hydrogen (secondary N) is 1. The molecule has 0 aliphatic heterocycles. The number of anilines is 1. The van der Waals surface area contributed by atoms with Crippen molar-refractivity contribution >= 4 is 25.5 Å². The minimum absolute atomic E-state index is 0.106. The number of benzene rings is 2. The van der Waals surface area contributed by atoms with E-state index in [9.17, 15) is 16.8 Å². The van der Waals surface area contributed by atoms with E-state index in [1.807, 2.05) is 31.1 Å². The number of nitrogens with zero attached hydrogens (tertiary/aromatic N) is 1. The first-order chi connectivity index (χ1) is 12.2. The van der Waals surface area contributed by atoms with Crippen molar-refractivity contribution in [2.45, 2.75) is 17.1 Å². The number of sulfone groups is 1. The highest BCUT2D eigenvalue weighted by atomic mass is 32.2. The first-order valence-electron chi connectivity index (χ1n) is 8.21. The highest BCUT2D eigenvalue weighted by molar-refractivity contribution is 7.92. The Kier molecular flexibility index (Phi) is 6.44. The molecule has 2 aromatic rings.